The lowest BCUT2D eigenvalue weighted by molar-refractivity contribution is 0.0751. The Labute approximate surface area is 104 Å². The van der Waals surface area contributed by atoms with Crippen LogP contribution < -0.4 is 0 Å². The Morgan fingerprint density at radius 2 is 1.82 bits per heavy atom. The Bertz CT molecular complexity index is 551. The van der Waals surface area contributed by atoms with Crippen LogP contribution in [0.2, 0.25) is 5.22 Å². The third-order valence-electron chi connectivity index (χ3n) is 2.98. The molecule has 4 heteroatoms. The van der Waals surface area contributed by atoms with Gasteiger partial charge >= 0.3 is 0 Å². The quantitative estimate of drug-likeness (QED) is 0.776. The van der Waals surface area contributed by atoms with Crippen molar-refractivity contribution in [2.75, 3.05) is 0 Å². The number of carbonyl (C=O) groups is 1. The van der Waals surface area contributed by atoms with E-state index < -0.39 is 0 Å². The van der Waals surface area contributed by atoms with Crippen LogP contribution in [-0.4, -0.2) is 10.8 Å². The number of halogens is 1. The van der Waals surface area contributed by atoms with Crippen molar-refractivity contribution in [2.24, 2.45) is 0 Å². The molecule has 0 unspecified atom stereocenters. The van der Waals surface area contributed by atoms with Gasteiger partial charge in [-0.2, -0.15) is 0 Å². The molecule has 3 rings (SSSR count). The van der Waals surface area contributed by atoms with Crippen LogP contribution in [0.4, 0.5) is 0 Å². The molecular formula is C13H10ClNO2. The van der Waals surface area contributed by atoms with E-state index in [0.29, 0.717) is 18.7 Å². The molecule has 0 saturated heterocycles. The van der Waals surface area contributed by atoms with Gasteiger partial charge in [0.15, 0.2) is 0 Å². The molecule has 0 fully saturated rings. The van der Waals surface area contributed by atoms with Crippen LogP contribution >= 0.6 is 11.6 Å². The van der Waals surface area contributed by atoms with Crippen molar-refractivity contribution >= 4 is 17.5 Å². The molecule has 17 heavy (non-hydrogen) atoms. The summed E-state index contributed by atoms with van der Waals surface area (Å²) in [5.74, 6) is -0.0834. The Balaban J connectivity index is 1.86. The summed E-state index contributed by atoms with van der Waals surface area (Å²) in [5.41, 5.74) is 2.82. The van der Waals surface area contributed by atoms with Gasteiger partial charge in [0, 0.05) is 13.1 Å². The first-order chi connectivity index (χ1) is 8.25. The molecule has 2 aromatic rings. The summed E-state index contributed by atoms with van der Waals surface area (Å²) in [5, 5.41) is 0.158. The van der Waals surface area contributed by atoms with Crippen molar-refractivity contribution < 1.29 is 9.21 Å². The standard InChI is InChI=1S/C13H10ClNO2/c14-12-11(5-6-17-12)13(16)15-7-9-3-1-2-4-10(9)8-15/h1-6H,7-8H2. The molecule has 1 aliphatic rings. The first kappa shape index (κ1) is 10.4. The number of hydrogen-bond donors (Lipinski definition) is 0. The van der Waals surface area contributed by atoms with Crippen molar-refractivity contribution in [3.8, 4) is 0 Å². The smallest absolute Gasteiger partial charge is 0.259 e. The number of rotatable bonds is 1. The van der Waals surface area contributed by atoms with Crippen molar-refractivity contribution in [1.29, 1.82) is 0 Å². The van der Waals surface area contributed by atoms with Crippen molar-refractivity contribution in [3.63, 3.8) is 0 Å². The molecule has 3 nitrogen and oxygen atoms in total. The highest BCUT2D eigenvalue weighted by molar-refractivity contribution is 6.32. The highest BCUT2D eigenvalue weighted by Crippen LogP contribution is 2.26. The number of nitrogens with zero attached hydrogens (tertiary/aromatic N) is 1. The molecule has 1 amide bonds. The average Bonchev–Trinajstić information content (AvgIpc) is 2.93. The number of furan rings is 1. The van der Waals surface area contributed by atoms with E-state index in [9.17, 15) is 4.79 Å². The van der Waals surface area contributed by atoms with E-state index in [1.165, 1.54) is 17.4 Å². The summed E-state index contributed by atoms with van der Waals surface area (Å²) < 4.78 is 4.94. The first-order valence-corrected chi connectivity index (χ1v) is 5.72. The molecule has 0 bridgehead atoms. The van der Waals surface area contributed by atoms with Gasteiger partial charge in [-0.25, -0.2) is 0 Å². The van der Waals surface area contributed by atoms with Crippen LogP contribution in [-0.2, 0) is 13.1 Å². The lowest BCUT2D eigenvalue weighted by Crippen LogP contribution is -2.25. The molecule has 2 heterocycles. The minimum Gasteiger partial charge on any atom is -0.452 e. The summed E-state index contributed by atoms with van der Waals surface area (Å²) in [4.78, 5) is 13.9. The van der Waals surface area contributed by atoms with Gasteiger partial charge in [-0.1, -0.05) is 24.3 Å². The fourth-order valence-corrected chi connectivity index (χ4v) is 2.29. The normalized spacial score (nSPS) is 13.8. The maximum atomic E-state index is 12.2. The Hall–Kier alpha value is -1.74. The molecular weight excluding hydrogens is 238 g/mol. The zero-order valence-electron chi connectivity index (χ0n) is 9.02. The van der Waals surface area contributed by atoms with Crippen molar-refractivity contribution in [3.05, 3.63) is 58.5 Å². The Kier molecular flexibility index (Phi) is 2.41. The zero-order valence-corrected chi connectivity index (χ0v) is 9.78. The molecule has 0 saturated carbocycles. The highest BCUT2D eigenvalue weighted by Gasteiger charge is 2.26. The van der Waals surface area contributed by atoms with Crippen LogP contribution in [0.25, 0.3) is 0 Å². The molecule has 0 atom stereocenters. The van der Waals surface area contributed by atoms with Crippen molar-refractivity contribution in [2.45, 2.75) is 13.1 Å². The number of hydrogen-bond acceptors (Lipinski definition) is 2. The first-order valence-electron chi connectivity index (χ1n) is 5.35. The summed E-state index contributed by atoms with van der Waals surface area (Å²) in [6.45, 7) is 1.27. The van der Waals surface area contributed by atoms with Gasteiger partial charge in [0.05, 0.1) is 11.8 Å². The van der Waals surface area contributed by atoms with Gasteiger partial charge in [-0.3, -0.25) is 4.79 Å². The number of amides is 1. The molecule has 1 aliphatic heterocycles. The van der Waals surface area contributed by atoms with Gasteiger partial charge in [-0.05, 0) is 28.8 Å². The SMILES string of the molecule is O=C(c1ccoc1Cl)N1Cc2ccccc2C1. The lowest BCUT2D eigenvalue weighted by Gasteiger charge is -2.14. The second-order valence-corrected chi connectivity index (χ2v) is 4.38. The van der Waals surface area contributed by atoms with E-state index in [0.717, 1.165) is 0 Å². The fourth-order valence-electron chi connectivity index (χ4n) is 2.09. The van der Waals surface area contributed by atoms with Gasteiger partial charge in [-0.15, -0.1) is 0 Å². The van der Waals surface area contributed by atoms with E-state index in [1.807, 2.05) is 24.3 Å². The lowest BCUT2D eigenvalue weighted by atomic mass is 10.1. The van der Waals surface area contributed by atoms with Gasteiger partial charge in [0.25, 0.3) is 5.91 Å². The van der Waals surface area contributed by atoms with Crippen LogP contribution in [0.1, 0.15) is 21.5 Å². The third kappa shape index (κ3) is 1.72. The third-order valence-corrected chi connectivity index (χ3v) is 3.27. The highest BCUT2D eigenvalue weighted by atomic mass is 35.5. The molecule has 0 radical (unpaired) electrons. The van der Waals surface area contributed by atoms with Crippen LogP contribution in [0.5, 0.6) is 0 Å². The summed E-state index contributed by atoms with van der Waals surface area (Å²) in [7, 11) is 0. The fraction of sp³-hybridized carbons (Fsp3) is 0.154. The largest absolute Gasteiger partial charge is 0.452 e. The molecule has 0 spiro atoms. The summed E-state index contributed by atoms with van der Waals surface area (Å²) >= 11 is 5.81. The van der Waals surface area contributed by atoms with E-state index in [1.54, 1.807) is 11.0 Å². The predicted molar refractivity (Wildman–Crippen MR) is 63.7 cm³/mol. The van der Waals surface area contributed by atoms with E-state index in [2.05, 4.69) is 0 Å². The second kappa shape index (κ2) is 3.93. The van der Waals surface area contributed by atoms with E-state index in [4.69, 9.17) is 16.0 Å². The maximum absolute atomic E-state index is 12.2. The Morgan fingerprint density at radius 3 is 2.35 bits per heavy atom. The minimum atomic E-state index is -0.0834. The number of benzene rings is 1. The molecule has 1 aromatic heterocycles. The topological polar surface area (TPSA) is 33.5 Å². The second-order valence-electron chi connectivity index (χ2n) is 4.04. The van der Waals surface area contributed by atoms with Crippen LogP contribution in [0, 0.1) is 0 Å². The Morgan fingerprint density at radius 1 is 1.18 bits per heavy atom. The van der Waals surface area contributed by atoms with E-state index >= 15 is 0 Å². The van der Waals surface area contributed by atoms with E-state index in [-0.39, 0.29) is 11.1 Å². The predicted octanol–water partition coefficient (Wildman–Crippen LogP) is 3.09. The van der Waals surface area contributed by atoms with Gasteiger partial charge < -0.3 is 9.32 Å². The average molecular weight is 248 g/mol. The number of fused-ring (bicyclic) bond motifs is 1. The van der Waals surface area contributed by atoms with Crippen molar-refractivity contribution in [1.82, 2.24) is 4.90 Å². The summed E-state index contributed by atoms with van der Waals surface area (Å²) in [6, 6.07) is 9.65. The van der Waals surface area contributed by atoms with Gasteiger partial charge in [0.1, 0.15) is 0 Å². The molecule has 1 aromatic carbocycles. The molecule has 86 valence electrons. The van der Waals surface area contributed by atoms with Crippen LogP contribution in [0.3, 0.4) is 0 Å². The maximum Gasteiger partial charge on any atom is 0.259 e. The minimum absolute atomic E-state index is 0.0834. The van der Waals surface area contributed by atoms with Gasteiger partial charge in [0.2, 0.25) is 5.22 Å². The number of carbonyl (C=O) groups excluding carboxylic acids is 1. The monoisotopic (exact) mass is 247 g/mol. The molecule has 0 N–H and O–H groups in total. The molecule has 0 aliphatic carbocycles. The van der Waals surface area contributed by atoms with Crippen LogP contribution in [0.15, 0.2) is 41.0 Å². The summed E-state index contributed by atoms with van der Waals surface area (Å²) in [6.07, 6.45) is 1.43. The zero-order chi connectivity index (χ0) is 11.8.